The predicted octanol–water partition coefficient (Wildman–Crippen LogP) is 3.06. The number of fused-ring (bicyclic) bond motifs is 1. The SMILES string of the molecule is O=C(Nc1cc2cnn(C3CCNCC3)c2cc1C1CC1)c1cccc(N2CCC(O)C2)n1. The molecule has 0 spiro atoms. The van der Waals surface area contributed by atoms with E-state index >= 15 is 0 Å². The van der Waals surface area contributed by atoms with E-state index in [1.54, 1.807) is 6.07 Å². The maximum atomic E-state index is 13.2. The van der Waals surface area contributed by atoms with Gasteiger partial charge in [0, 0.05) is 24.2 Å². The highest BCUT2D eigenvalue weighted by Gasteiger charge is 2.29. The number of piperidine rings is 1. The number of hydrogen-bond acceptors (Lipinski definition) is 6. The second kappa shape index (κ2) is 8.43. The Balaban J connectivity index is 1.28. The first-order chi connectivity index (χ1) is 16.2. The number of benzene rings is 1. The fourth-order valence-electron chi connectivity index (χ4n) is 5.15. The normalized spacial score (nSPS) is 21.6. The van der Waals surface area contributed by atoms with Crippen LogP contribution in [0.15, 0.2) is 36.5 Å². The lowest BCUT2D eigenvalue weighted by Crippen LogP contribution is -2.29. The van der Waals surface area contributed by atoms with Crippen LogP contribution in [0, 0.1) is 0 Å². The van der Waals surface area contributed by atoms with Crippen molar-refractivity contribution in [1.29, 1.82) is 0 Å². The molecule has 1 atom stereocenters. The summed E-state index contributed by atoms with van der Waals surface area (Å²) >= 11 is 0. The van der Waals surface area contributed by atoms with Gasteiger partial charge in [0.05, 0.1) is 23.9 Å². The molecule has 1 saturated carbocycles. The minimum atomic E-state index is -0.331. The average molecular weight is 447 g/mol. The van der Waals surface area contributed by atoms with Crippen LogP contribution in [0.1, 0.15) is 60.1 Å². The summed E-state index contributed by atoms with van der Waals surface area (Å²) < 4.78 is 2.18. The number of pyridine rings is 1. The summed E-state index contributed by atoms with van der Waals surface area (Å²) in [6.07, 6.45) is 6.80. The summed E-state index contributed by atoms with van der Waals surface area (Å²) in [5.74, 6) is 1.02. The highest BCUT2D eigenvalue weighted by Crippen LogP contribution is 2.45. The molecule has 33 heavy (non-hydrogen) atoms. The molecule has 2 saturated heterocycles. The van der Waals surface area contributed by atoms with Crippen LogP contribution in [0.25, 0.3) is 10.9 Å². The van der Waals surface area contributed by atoms with Gasteiger partial charge in [0.25, 0.3) is 5.91 Å². The van der Waals surface area contributed by atoms with E-state index in [2.05, 4.69) is 32.4 Å². The Kier molecular flexibility index (Phi) is 5.27. The number of β-amino-alcohol motifs (C(OH)–C–C–N with tert-alkyl or cyclic N) is 1. The fraction of sp³-hybridized carbons (Fsp3) is 0.480. The molecule has 3 aliphatic rings. The van der Waals surface area contributed by atoms with Crippen molar-refractivity contribution >= 4 is 28.3 Å². The minimum absolute atomic E-state index is 0.205. The number of nitrogens with zero attached hydrogens (tertiary/aromatic N) is 4. The first kappa shape index (κ1) is 20.6. The average Bonchev–Trinajstić information content (AvgIpc) is 3.47. The van der Waals surface area contributed by atoms with Crippen molar-refractivity contribution in [2.45, 2.75) is 50.2 Å². The van der Waals surface area contributed by atoms with Crippen molar-refractivity contribution in [3.63, 3.8) is 0 Å². The molecular weight excluding hydrogens is 416 g/mol. The molecule has 2 aromatic heterocycles. The molecule has 3 aromatic rings. The summed E-state index contributed by atoms with van der Waals surface area (Å²) in [6, 6.07) is 10.2. The number of amides is 1. The summed E-state index contributed by atoms with van der Waals surface area (Å²) in [7, 11) is 0. The van der Waals surface area contributed by atoms with Crippen molar-refractivity contribution in [3.05, 3.63) is 47.8 Å². The number of aromatic nitrogens is 3. The Morgan fingerprint density at radius 3 is 2.73 bits per heavy atom. The first-order valence-electron chi connectivity index (χ1n) is 12.1. The van der Waals surface area contributed by atoms with E-state index in [9.17, 15) is 9.90 Å². The van der Waals surface area contributed by atoms with E-state index in [1.807, 2.05) is 23.2 Å². The smallest absolute Gasteiger partial charge is 0.274 e. The molecule has 1 unspecified atom stereocenters. The number of hydrogen-bond donors (Lipinski definition) is 3. The molecular formula is C25H30N6O2. The van der Waals surface area contributed by atoms with Crippen molar-refractivity contribution in [2.24, 2.45) is 0 Å². The maximum absolute atomic E-state index is 13.2. The number of aliphatic hydroxyl groups is 1. The van der Waals surface area contributed by atoms with Crippen LogP contribution in [0.2, 0.25) is 0 Å². The number of anilines is 2. The van der Waals surface area contributed by atoms with Crippen LogP contribution in [-0.4, -0.2) is 58.1 Å². The molecule has 3 N–H and O–H groups in total. The van der Waals surface area contributed by atoms with Crippen molar-refractivity contribution in [3.8, 4) is 0 Å². The molecule has 0 radical (unpaired) electrons. The van der Waals surface area contributed by atoms with Gasteiger partial charge in [-0.3, -0.25) is 9.48 Å². The highest BCUT2D eigenvalue weighted by atomic mass is 16.3. The van der Waals surface area contributed by atoms with E-state index < -0.39 is 0 Å². The summed E-state index contributed by atoms with van der Waals surface area (Å²) in [5.41, 5.74) is 3.62. The highest BCUT2D eigenvalue weighted by molar-refractivity contribution is 6.04. The third-order valence-corrected chi connectivity index (χ3v) is 7.14. The van der Waals surface area contributed by atoms with Gasteiger partial charge in [0.2, 0.25) is 0 Å². The number of nitrogens with one attached hydrogen (secondary N) is 2. The standard InChI is InChI=1S/C25H30N6O2/c32-19-8-11-30(15-19)24-3-1-2-21(28-24)25(33)29-22-12-17-14-27-31(18-6-9-26-10-7-18)23(17)13-20(22)16-4-5-16/h1-3,12-14,16,18-19,26,32H,4-11,15H2,(H,29,33). The third-order valence-electron chi connectivity index (χ3n) is 7.14. The Morgan fingerprint density at radius 1 is 1.12 bits per heavy atom. The minimum Gasteiger partial charge on any atom is -0.391 e. The zero-order chi connectivity index (χ0) is 22.4. The van der Waals surface area contributed by atoms with Gasteiger partial charge in [-0.1, -0.05) is 6.07 Å². The molecule has 3 fully saturated rings. The van der Waals surface area contributed by atoms with Crippen LogP contribution >= 0.6 is 0 Å². The molecule has 4 heterocycles. The van der Waals surface area contributed by atoms with Gasteiger partial charge in [0.1, 0.15) is 11.5 Å². The lowest BCUT2D eigenvalue weighted by Gasteiger charge is -2.24. The molecule has 1 amide bonds. The first-order valence-corrected chi connectivity index (χ1v) is 12.1. The fourth-order valence-corrected chi connectivity index (χ4v) is 5.15. The van der Waals surface area contributed by atoms with Gasteiger partial charge in [-0.2, -0.15) is 5.10 Å². The second-order valence-electron chi connectivity index (χ2n) is 9.57. The summed E-state index contributed by atoms with van der Waals surface area (Å²) in [6.45, 7) is 3.36. The molecule has 1 aliphatic carbocycles. The predicted molar refractivity (Wildman–Crippen MR) is 128 cm³/mol. The topological polar surface area (TPSA) is 95.3 Å². The van der Waals surface area contributed by atoms with Gasteiger partial charge < -0.3 is 20.6 Å². The van der Waals surface area contributed by atoms with Gasteiger partial charge in [-0.25, -0.2) is 4.98 Å². The Morgan fingerprint density at radius 2 is 1.97 bits per heavy atom. The van der Waals surface area contributed by atoms with E-state index in [1.165, 1.54) is 5.56 Å². The zero-order valence-electron chi connectivity index (χ0n) is 18.7. The number of rotatable bonds is 5. The number of aliphatic hydroxyl groups excluding tert-OH is 1. The van der Waals surface area contributed by atoms with Crippen LogP contribution < -0.4 is 15.5 Å². The van der Waals surface area contributed by atoms with Crippen molar-refractivity contribution < 1.29 is 9.90 Å². The maximum Gasteiger partial charge on any atom is 0.274 e. The van der Waals surface area contributed by atoms with Crippen LogP contribution in [0.5, 0.6) is 0 Å². The Hall–Kier alpha value is -2.97. The molecule has 6 rings (SSSR count). The third kappa shape index (κ3) is 4.09. The number of carbonyl (C=O) groups is 1. The largest absolute Gasteiger partial charge is 0.391 e. The molecule has 0 bridgehead atoms. The Bertz CT molecular complexity index is 1180. The zero-order valence-corrected chi connectivity index (χ0v) is 18.7. The van der Waals surface area contributed by atoms with Gasteiger partial charge in [-0.05, 0) is 80.9 Å². The van der Waals surface area contributed by atoms with Crippen molar-refractivity contribution in [2.75, 3.05) is 36.4 Å². The molecule has 172 valence electrons. The van der Waals surface area contributed by atoms with E-state index in [-0.39, 0.29) is 12.0 Å². The van der Waals surface area contributed by atoms with Crippen LogP contribution in [0.4, 0.5) is 11.5 Å². The lowest BCUT2D eigenvalue weighted by molar-refractivity contribution is 0.102. The van der Waals surface area contributed by atoms with Gasteiger partial charge in [0.15, 0.2) is 0 Å². The summed E-state index contributed by atoms with van der Waals surface area (Å²) in [4.78, 5) is 19.8. The molecule has 8 heteroatoms. The molecule has 8 nitrogen and oxygen atoms in total. The van der Waals surface area contributed by atoms with E-state index in [0.29, 0.717) is 24.2 Å². The van der Waals surface area contributed by atoms with Gasteiger partial charge in [-0.15, -0.1) is 0 Å². The van der Waals surface area contributed by atoms with Crippen molar-refractivity contribution in [1.82, 2.24) is 20.1 Å². The molecule has 1 aromatic carbocycles. The monoisotopic (exact) mass is 446 g/mol. The second-order valence-corrected chi connectivity index (χ2v) is 9.57. The molecule has 2 aliphatic heterocycles. The lowest BCUT2D eigenvalue weighted by atomic mass is 10.0. The van der Waals surface area contributed by atoms with E-state index in [4.69, 9.17) is 5.10 Å². The van der Waals surface area contributed by atoms with Crippen LogP contribution in [0.3, 0.4) is 0 Å². The Labute approximate surface area is 193 Å². The summed E-state index contributed by atoms with van der Waals surface area (Å²) in [5, 5.41) is 22.2. The van der Waals surface area contributed by atoms with Gasteiger partial charge >= 0.3 is 0 Å². The van der Waals surface area contributed by atoms with Crippen LogP contribution in [-0.2, 0) is 0 Å². The number of carbonyl (C=O) groups excluding carboxylic acids is 1. The quantitative estimate of drug-likeness (QED) is 0.558. The van der Waals surface area contributed by atoms with E-state index in [0.717, 1.165) is 74.1 Å².